The molecule has 1 N–H and O–H groups in total. The third-order valence-corrected chi connectivity index (χ3v) is 3.47. The highest BCUT2D eigenvalue weighted by atomic mass is 15.2. The Hall–Kier alpha value is -0.0800. The second-order valence-corrected chi connectivity index (χ2v) is 5.09. The molecule has 1 saturated carbocycles. The summed E-state index contributed by atoms with van der Waals surface area (Å²) in [5, 5.41) is 3.54. The molecule has 0 aromatic rings. The van der Waals surface area contributed by atoms with E-state index < -0.39 is 0 Å². The van der Waals surface area contributed by atoms with Gasteiger partial charge in [0.25, 0.3) is 0 Å². The second kappa shape index (κ2) is 3.58. The minimum absolute atomic E-state index is 0.696. The zero-order valence-corrected chi connectivity index (χ0v) is 8.97. The number of hydrogen-bond acceptors (Lipinski definition) is 2. The molecular weight excluding hydrogens is 160 g/mol. The Kier molecular flexibility index (Phi) is 2.61. The first-order chi connectivity index (χ1) is 6.22. The number of likely N-dealkylation sites (N-methyl/N-ethyl adjacent to an activating group) is 1. The Morgan fingerprint density at radius 3 is 2.85 bits per heavy atom. The van der Waals surface area contributed by atoms with Crippen LogP contribution in [0.2, 0.25) is 0 Å². The molecule has 2 rings (SSSR count). The number of nitrogens with one attached hydrogen (secondary N) is 1. The maximum Gasteiger partial charge on any atom is 0.0207 e. The van der Waals surface area contributed by atoms with Crippen molar-refractivity contribution < 1.29 is 0 Å². The van der Waals surface area contributed by atoms with Crippen LogP contribution in [0.5, 0.6) is 0 Å². The minimum Gasteiger partial charge on any atom is -0.313 e. The van der Waals surface area contributed by atoms with Crippen LogP contribution in [-0.4, -0.2) is 37.1 Å². The van der Waals surface area contributed by atoms with Crippen molar-refractivity contribution in [3.8, 4) is 0 Å². The van der Waals surface area contributed by atoms with Gasteiger partial charge in [-0.2, -0.15) is 0 Å². The second-order valence-electron chi connectivity index (χ2n) is 5.09. The van der Waals surface area contributed by atoms with Crippen LogP contribution in [-0.2, 0) is 0 Å². The normalized spacial score (nSPS) is 32.3. The predicted octanol–water partition coefficient (Wildman–Crippen LogP) is 1.47. The quantitative estimate of drug-likeness (QED) is 0.708. The number of rotatable bonds is 4. The van der Waals surface area contributed by atoms with Gasteiger partial charge in [0, 0.05) is 19.1 Å². The molecule has 0 spiro atoms. The molecule has 76 valence electrons. The third kappa shape index (κ3) is 2.44. The summed E-state index contributed by atoms with van der Waals surface area (Å²) in [7, 11) is 0. The van der Waals surface area contributed by atoms with Gasteiger partial charge in [-0.05, 0) is 37.8 Å². The fourth-order valence-electron chi connectivity index (χ4n) is 2.34. The lowest BCUT2D eigenvalue weighted by Crippen LogP contribution is -2.34. The standard InChI is InChI=1S/C11H22N2/c1-3-12-10-4-7-13(8-10)9-11(2)5-6-11/h10,12H,3-9H2,1-2H3. The molecule has 1 heterocycles. The van der Waals surface area contributed by atoms with Gasteiger partial charge in [0.2, 0.25) is 0 Å². The molecule has 2 nitrogen and oxygen atoms in total. The van der Waals surface area contributed by atoms with Gasteiger partial charge in [0.1, 0.15) is 0 Å². The topological polar surface area (TPSA) is 15.3 Å². The maximum absolute atomic E-state index is 3.54. The zero-order chi connectivity index (χ0) is 9.31. The highest BCUT2D eigenvalue weighted by Crippen LogP contribution is 2.45. The van der Waals surface area contributed by atoms with Crippen LogP contribution in [0.15, 0.2) is 0 Å². The molecule has 1 atom stereocenters. The molecule has 2 fully saturated rings. The Labute approximate surface area is 81.7 Å². The summed E-state index contributed by atoms with van der Waals surface area (Å²) in [5.41, 5.74) is 0.696. The molecular formula is C11H22N2. The molecule has 2 aliphatic rings. The van der Waals surface area contributed by atoms with Crippen molar-refractivity contribution in [2.75, 3.05) is 26.2 Å². The van der Waals surface area contributed by atoms with Gasteiger partial charge in [-0.1, -0.05) is 13.8 Å². The third-order valence-electron chi connectivity index (χ3n) is 3.47. The first kappa shape index (κ1) is 9.47. The SMILES string of the molecule is CCNC1CCN(CC2(C)CC2)C1. The predicted molar refractivity (Wildman–Crippen MR) is 55.9 cm³/mol. The van der Waals surface area contributed by atoms with Crippen LogP contribution in [0.1, 0.15) is 33.1 Å². The molecule has 0 aromatic heterocycles. The van der Waals surface area contributed by atoms with E-state index in [1.807, 2.05) is 0 Å². The fourth-order valence-corrected chi connectivity index (χ4v) is 2.34. The molecule has 1 aliphatic carbocycles. The minimum atomic E-state index is 0.696. The highest BCUT2D eigenvalue weighted by Gasteiger charge is 2.39. The summed E-state index contributed by atoms with van der Waals surface area (Å²) in [6.45, 7) is 9.68. The largest absolute Gasteiger partial charge is 0.313 e. The lowest BCUT2D eigenvalue weighted by Gasteiger charge is -2.20. The van der Waals surface area contributed by atoms with Crippen molar-refractivity contribution in [1.82, 2.24) is 10.2 Å². The molecule has 0 amide bonds. The lowest BCUT2D eigenvalue weighted by atomic mass is 10.1. The van der Waals surface area contributed by atoms with Crippen molar-refractivity contribution in [1.29, 1.82) is 0 Å². The van der Waals surface area contributed by atoms with Gasteiger partial charge in [-0.25, -0.2) is 0 Å². The number of likely N-dealkylation sites (tertiary alicyclic amines) is 1. The van der Waals surface area contributed by atoms with Crippen LogP contribution >= 0.6 is 0 Å². The van der Waals surface area contributed by atoms with E-state index in [0.717, 1.165) is 12.6 Å². The summed E-state index contributed by atoms with van der Waals surface area (Å²) in [6.07, 6.45) is 4.26. The molecule has 0 aromatic carbocycles. The number of nitrogens with zero attached hydrogens (tertiary/aromatic N) is 1. The van der Waals surface area contributed by atoms with Gasteiger partial charge in [-0.3, -0.25) is 0 Å². The van der Waals surface area contributed by atoms with E-state index in [1.165, 1.54) is 38.9 Å². The monoisotopic (exact) mass is 182 g/mol. The molecule has 1 unspecified atom stereocenters. The van der Waals surface area contributed by atoms with Gasteiger partial charge >= 0.3 is 0 Å². The van der Waals surface area contributed by atoms with Crippen LogP contribution in [0.4, 0.5) is 0 Å². The Balaban J connectivity index is 1.71. The van der Waals surface area contributed by atoms with Crippen LogP contribution < -0.4 is 5.32 Å². The Morgan fingerprint density at radius 2 is 2.23 bits per heavy atom. The summed E-state index contributed by atoms with van der Waals surface area (Å²) in [6, 6.07) is 0.771. The highest BCUT2D eigenvalue weighted by molar-refractivity contribution is 4.93. The fraction of sp³-hybridized carbons (Fsp3) is 1.00. The van der Waals surface area contributed by atoms with Crippen molar-refractivity contribution in [2.24, 2.45) is 5.41 Å². The van der Waals surface area contributed by atoms with Gasteiger partial charge in [0.15, 0.2) is 0 Å². The smallest absolute Gasteiger partial charge is 0.0207 e. The van der Waals surface area contributed by atoms with Crippen molar-refractivity contribution in [3.05, 3.63) is 0 Å². The summed E-state index contributed by atoms with van der Waals surface area (Å²) in [4.78, 5) is 2.64. The van der Waals surface area contributed by atoms with Crippen molar-refractivity contribution >= 4 is 0 Å². The van der Waals surface area contributed by atoms with E-state index in [0.29, 0.717) is 5.41 Å². The molecule has 0 radical (unpaired) electrons. The van der Waals surface area contributed by atoms with Gasteiger partial charge in [-0.15, -0.1) is 0 Å². The number of hydrogen-bond donors (Lipinski definition) is 1. The summed E-state index contributed by atoms with van der Waals surface area (Å²) >= 11 is 0. The van der Waals surface area contributed by atoms with E-state index in [2.05, 4.69) is 24.1 Å². The molecule has 2 heteroatoms. The molecule has 0 bridgehead atoms. The van der Waals surface area contributed by atoms with Crippen LogP contribution in [0, 0.1) is 5.41 Å². The Morgan fingerprint density at radius 1 is 1.46 bits per heavy atom. The maximum atomic E-state index is 3.54. The first-order valence-electron chi connectivity index (χ1n) is 5.68. The molecule has 1 aliphatic heterocycles. The van der Waals surface area contributed by atoms with E-state index in [9.17, 15) is 0 Å². The lowest BCUT2D eigenvalue weighted by molar-refractivity contribution is 0.270. The van der Waals surface area contributed by atoms with E-state index in [4.69, 9.17) is 0 Å². The van der Waals surface area contributed by atoms with E-state index >= 15 is 0 Å². The van der Waals surface area contributed by atoms with E-state index in [1.54, 1.807) is 0 Å². The van der Waals surface area contributed by atoms with Crippen molar-refractivity contribution in [3.63, 3.8) is 0 Å². The van der Waals surface area contributed by atoms with Gasteiger partial charge in [0.05, 0.1) is 0 Å². The van der Waals surface area contributed by atoms with Gasteiger partial charge < -0.3 is 10.2 Å². The zero-order valence-electron chi connectivity index (χ0n) is 8.97. The Bertz CT molecular complexity index is 175. The first-order valence-corrected chi connectivity index (χ1v) is 5.68. The average Bonchev–Trinajstić information content (AvgIpc) is 2.61. The average molecular weight is 182 g/mol. The molecule has 13 heavy (non-hydrogen) atoms. The van der Waals surface area contributed by atoms with Crippen LogP contribution in [0.3, 0.4) is 0 Å². The van der Waals surface area contributed by atoms with Crippen molar-refractivity contribution in [2.45, 2.75) is 39.2 Å². The summed E-state index contributed by atoms with van der Waals surface area (Å²) < 4.78 is 0. The van der Waals surface area contributed by atoms with E-state index in [-0.39, 0.29) is 0 Å². The van der Waals surface area contributed by atoms with Crippen LogP contribution in [0.25, 0.3) is 0 Å². The summed E-state index contributed by atoms with van der Waals surface area (Å²) in [5.74, 6) is 0. The molecule has 1 saturated heterocycles.